The summed E-state index contributed by atoms with van der Waals surface area (Å²) in [5.74, 6) is 8.10. The van der Waals surface area contributed by atoms with Crippen molar-refractivity contribution in [1.82, 2.24) is 0 Å². The Labute approximate surface area is 123 Å². The van der Waals surface area contributed by atoms with Crippen molar-refractivity contribution in [1.29, 1.82) is 0 Å². The van der Waals surface area contributed by atoms with Crippen LogP contribution in [-0.2, 0) is 6.54 Å². The van der Waals surface area contributed by atoms with E-state index in [0.29, 0.717) is 30.4 Å². The van der Waals surface area contributed by atoms with E-state index in [9.17, 15) is 0 Å². The highest BCUT2D eigenvalue weighted by atomic mass is 16.7. The zero-order valence-electron chi connectivity index (χ0n) is 11.5. The van der Waals surface area contributed by atoms with Crippen LogP contribution < -0.4 is 19.9 Å². The van der Waals surface area contributed by atoms with Crippen LogP contribution in [0.15, 0.2) is 42.5 Å². The first kappa shape index (κ1) is 13.3. The van der Waals surface area contributed by atoms with Crippen LogP contribution in [0.4, 0.5) is 0 Å². The Morgan fingerprint density at radius 1 is 1.10 bits per heavy atom. The number of benzene rings is 2. The molecule has 0 spiro atoms. The second kappa shape index (κ2) is 6.21. The van der Waals surface area contributed by atoms with Crippen LogP contribution in [0.5, 0.6) is 17.2 Å². The number of fused-ring (bicyclic) bond motifs is 1. The summed E-state index contributed by atoms with van der Waals surface area (Å²) in [6, 6.07) is 13.4. The Morgan fingerprint density at radius 3 is 2.62 bits per heavy atom. The zero-order valence-corrected chi connectivity index (χ0v) is 11.5. The maximum Gasteiger partial charge on any atom is 0.231 e. The van der Waals surface area contributed by atoms with Crippen molar-refractivity contribution < 1.29 is 14.2 Å². The number of rotatable bonds is 3. The van der Waals surface area contributed by atoms with Crippen molar-refractivity contribution in [2.75, 3.05) is 13.4 Å². The Bertz CT molecular complexity index is 686. The maximum atomic E-state index is 5.73. The van der Waals surface area contributed by atoms with Crippen molar-refractivity contribution in [3.8, 4) is 29.1 Å². The van der Waals surface area contributed by atoms with Crippen molar-refractivity contribution in [2.24, 2.45) is 5.73 Å². The fourth-order valence-electron chi connectivity index (χ4n) is 2.03. The molecule has 0 atom stereocenters. The minimum absolute atomic E-state index is 0.233. The molecule has 0 radical (unpaired) electrons. The smallest absolute Gasteiger partial charge is 0.231 e. The predicted molar refractivity (Wildman–Crippen MR) is 79.3 cm³/mol. The van der Waals surface area contributed by atoms with E-state index in [1.165, 1.54) is 0 Å². The molecule has 106 valence electrons. The Kier molecular flexibility index (Phi) is 3.95. The molecule has 2 aromatic carbocycles. The molecule has 4 nitrogen and oxygen atoms in total. The van der Waals surface area contributed by atoms with Crippen LogP contribution in [0.25, 0.3) is 0 Å². The summed E-state index contributed by atoms with van der Waals surface area (Å²) in [6.45, 7) is 0.899. The lowest BCUT2D eigenvalue weighted by Crippen LogP contribution is -2.02. The van der Waals surface area contributed by atoms with E-state index in [4.69, 9.17) is 19.9 Å². The summed E-state index contributed by atoms with van der Waals surface area (Å²) in [6.07, 6.45) is 0. The second-order valence-corrected chi connectivity index (χ2v) is 4.47. The standard InChI is InChI=1S/C17H15NO3/c18-11-14-9-16-17(21-12-20-16)10-15(14)19-8-4-7-13-5-2-1-3-6-13/h1-3,5-6,9-10H,8,11-12,18H2. The SMILES string of the molecule is NCc1cc2c(cc1OCC#Cc1ccccc1)OCO2. The van der Waals surface area contributed by atoms with Crippen LogP contribution in [0.2, 0.25) is 0 Å². The molecule has 1 aliphatic rings. The largest absolute Gasteiger partial charge is 0.480 e. The molecule has 1 aliphatic heterocycles. The molecule has 21 heavy (non-hydrogen) atoms. The zero-order chi connectivity index (χ0) is 14.5. The second-order valence-electron chi connectivity index (χ2n) is 4.47. The molecule has 0 saturated heterocycles. The minimum atomic E-state index is 0.233. The Morgan fingerprint density at radius 2 is 1.86 bits per heavy atom. The average molecular weight is 281 g/mol. The lowest BCUT2D eigenvalue weighted by Gasteiger charge is -2.09. The van der Waals surface area contributed by atoms with Crippen LogP contribution in [-0.4, -0.2) is 13.4 Å². The summed E-state index contributed by atoms with van der Waals surface area (Å²) >= 11 is 0. The minimum Gasteiger partial charge on any atom is -0.480 e. The molecule has 0 unspecified atom stereocenters. The fourth-order valence-corrected chi connectivity index (χ4v) is 2.03. The van der Waals surface area contributed by atoms with E-state index < -0.39 is 0 Å². The molecule has 0 fully saturated rings. The number of hydrogen-bond donors (Lipinski definition) is 1. The van der Waals surface area contributed by atoms with Gasteiger partial charge in [-0.25, -0.2) is 0 Å². The van der Waals surface area contributed by atoms with E-state index >= 15 is 0 Å². The van der Waals surface area contributed by atoms with E-state index in [1.807, 2.05) is 36.4 Å². The third kappa shape index (κ3) is 3.10. The van der Waals surface area contributed by atoms with Crippen LogP contribution in [0, 0.1) is 11.8 Å². The van der Waals surface area contributed by atoms with Gasteiger partial charge in [-0.1, -0.05) is 30.0 Å². The monoisotopic (exact) mass is 281 g/mol. The Hall–Kier alpha value is -2.64. The molecule has 4 heteroatoms. The number of hydrogen-bond acceptors (Lipinski definition) is 4. The maximum absolute atomic E-state index is 5.73. The normalized spacial score (nSPS) is 11.7. The van der Waals surface area contributed by atoms with E-state index in [0.717, 1.165) is 11.1 Å². The first-order chi connectivity index (χ1) is 10.4. The van der Waals surface area contributed by atoms with Gasteiger partial charge in [-0.05, 0) is 18.2 Å². The summed E-state index contributed by atoms with van der Waals surface area (Å²) < 4.78 is 16.3. The van der Waals surface area contributed by atoms with Crippen LogP contribution in [0.3, 0.4) is 0 Å². The van der Waals surface area contributed by atoms with Crippen LogP contribution >= 0.6 is 0 Å². The quantitative estimate of drug-likeness (QED) is 0.877. The van der Waals surface area contributed by atoms with Gasteiger partial charge in [0, 0.05) is 23.7 Å². The molecule has 0 amide bonds. The highest BCUT2D eigenvalue weighted by Crippen LogP contribution is 2.37. The van der Waals surface area contributed by atoms with Crippen molar-refractivity contribution in [3.05, 3.63) is 53.6 Å². The van der Waals surface area contributed by atoms with E-state index in [-0.39, 0.29) is 6.79 Å². The number of ether oxygens (including phenoxy) is 3. The van der Waals surface area contributed by atoms with Gasteiger partial charge in [0.25, 0.3) is 0 Å². The summed E-state index contributed by atoms with van der Waals surface area (Å²) in [5.41, 5.74) is 7.57. The fraction of sp³-hybridized carbons (Fsp3) is 0.176. The highest BCUT2D eigenvalue weighted by Gasteiger charge is 2.17. The summed E-state index contributed by atoms with van der Waals surface area (Å²) in [4.78, 5) is 0. The van der Waals surface area contributed by atoms with Gasteiger partial charge in [0.05, 0.1) is 0 Å². The third-order valence-electron chi connectivity index (χ3n) is 3.08. The van der Waals surface area contributed by atoms with E-state index in [1.54, 1.807) is 6.07 Å². The first-order valence-corrected chi connectivity index (χ1v) is 6.66. The molecule has 1 heterocycles. The van der Waals surface area contributed by atoms with Crippen molar-refractivity contribution in [2.45, 2.75) is 6.54 Å². The lowest BCUT2D eigenvalue weighted by molar-refractivity contribution is 0.174. The molecule has 0 bridgehead atoms. The van der Waals surface area contributed by atoms with Crippen molar-refractivity contribution >= 4 is 0 Å². The lowest BCUT2D eigenvalue weighted by atomic mass is 10.2. The average Bonchev–Trinajstić information content (AvgIpc) is 2.99. The van der Waals surface area contributed by atoms with Crippen LogP contribution in [0.1, 0.15) is 11.1 Å². The van der Waals surface area contributed by atoms with Crippen molar-refractivity contribution in [3.63, 3.8) is 0 Å². The summed E-state index contributed by atoms with van der Waals surface area (Å²) in [7, 11) is 0. The predicted octanol–water partition coefficient (Wildman–Crippen LogP) is 2.30. The van der Waals surface area contributed by atoms with E-state index in [2.05, 4.69) is 11.8 Å². The van der Waals surface area contributed by atoms with Gasteiger partial charge in [-0.15, -0.1) is 0 Å². The molecule has 0 aliphatic carbocycles. The molecule has 3 rings (SSSR count). The van der Waals surface area contributed by atoms with Gasteiger partial charge in [0.1, 0.15) is 12.4 Å². The Balaban J connectivity index is 1.69. The van der Waals surface area contributed by atoms with Gasteiger partial charge in [0.15, 0.2) is 11.5 Å². The molecule has 0 aromatic heterocycles. The van der Waals surface area contributed by atoms with Gasteiger partial charge in [-0.3, -0.25) is 0 Å². The number of nitrogens with two attached hydrogens (primary N) is 1. The summed E-state index contributed by atoms with van der Waals surface area (Å²) in [5, 5.41) is 0. The highest BCUT2D eigenvalue weighted by molar-refractivity contribution is 5.52. The molecular formula is C17H15NO3. The van der Waals surface area contributed by atoms with Gasteiger partial charge >= 0.3 is 0 Å². The van der Waals surface area contributed by atoms with Gasteiger partial charge in [0.2, 0.25) is 6.79 Å². The molecule has 0 saturated carbocycles. The van der Waals surface area contributed by atoms with Gasteiger partial charge in [-0.2, -0.15) is 0 Å². The molecular weight excluding hydrogens is 266 g/mol. The van der Waals surface area contributed by atoms with Gasteiger partial charge < -0.3 is 19.9 Å². The third-order valence-corrected chi connectivity index (χ3v) is 3.08. The molecule has 2 N–H and O–H groups in total. The topological polar surface area (TPSA) is 53.7 Å². The molecule has 2 aromatic rings. The first-order valence-electron chi connectivity index (χ1n) is 6.66.